The fourth-order valence-corrected chi connectivity index (χ4v) is 4.36. The molecule has 0 saturated carbocycles. The Morgan fingerprint density at radius 1 is 1.31 bits per heavy atom. The van der Waals surface area contributed by atoms with E-state index in [1.807, 2.05) is 18.2 Å². The number of guanidine groups is 1. The molecule has 0 bridgehead atoms. The number of benzene rings is 1. The van der Waals surface area contributed by atoms with Crippen LogP contribution in [0.15, 0.2) is 41.5 Å². The summed E-state index contributed by atoms with van der Waals surface area (Å²) >= 11 is 0. The summed E-state index contributed by atoms with van der Waals surface area (Å²) in [5.41, 5.74) is 6.89. The summed E-state index contributed by atoms with van der Waals surface area (Å²) in [6.07, 6.45) is 3.88. The highest BCUT2D eigenvalue weighted by atomic mass is 19.1. The van der Waals surface area contributed by atoms with Gasteiger partial charge >= 0.3 is 0 Å². The van der Waals surface area contributed by atoms with Crippen molar-refractivity contribution in [1.82, 2.24) is 10.0 Å². The van der Waals surface area contributed by atoms with Gasteiger partial charge in [-0.25, -0.2) is 19.9 Å². The Labute approximate surface area is 168 Å². The summed E-state index contributed by atoms with van der Waals surface area (Å²) in [4.78, 5) is 14.6. The molecule has 1 aromatic heterocycles. The molecule has 1 fully saturated rings. The van der Waals surface area contributed by atoms with Gasteiger partial charge in [0, 0.05) is 37.8 Å². The van der Waals surface area contributed by atoms with E-state index in [1.54, 1.807) is 19.2 Å². The number of pyridine rings is 1. The molecule has 3 atom stereocenters. The molecule has 0 aliphatic carbocycles. The second-order valence-corrected chi connectivity index (χ2v) is 7.73. The van der Waals surface area contributed by atoms with Crippen molar-refractivity contribution in [1.29, 1.82) is 0 Å². The Bertz CT molecular complexity index is 963. The quantitative estimate of drug-likeness (QED) is 0.784. The topological polar surface area (TPSA) is 82.2 Å². The van der Waals surface area contributed by atoms with Crippen molar-refractivity contribution in [2.75, 3.05) is 20.3 Å². The zero-order valence-corrected chi connectivity index (χ0v) is 16.2. The van der Waals surface area contributed by atoms with Crippen molar-refractivity contribution >= 4 is 5.96 Å². The van der Waals surface area contributed by atoms with Gasteiger partial charge in [0.05, 0.1) is 12.2 Å². The van der Waals surface area contributed by atoms with Crippen LogP contribution in [0.1, 0.15) is 24.8 Å². The van der Waals surface area contributed by atoms with Crippen molar-refractivity contribution in [3.63, 3.8) is 0 Å². The lowest BCUT2D eigenvalue weighted by Gasteiger charge is -2.40. The van der Waals surface area contributed by atoms with Gasteiger partial charge in [-0.15, -0.1) is 0 Å². The first-order chi connectivity index (χ1) is 14.1. The fourth-order valence-electron chi connectivity index (χ4n) is 4.36. The Morgan fingerprint density at radius 2 is 2.21 bits per heavy atom. The zero-order valence-electron chi connectivity index (χ0n) is 16.2. The molecule has 3 aliphatic heterocycles. The van der Waals surface area contributed by atoms with Gasteiger partial charge in [0.15, 0.2) is 0 Å². The molecule has 2 aromatic rings. The number of rotatable bonds is 2. The molecule has 1 aromatic carbocycles. The SMILES string of the molecule is CN1OC2(C[C@H](C3CCCOC3)Oc3ccc(-c4cccnc4F)cc32)N=C1N. The van der Waals surface area contributed by atoms with Crippen LogP contribution in [0.2, 0.25) is 0 Å². The number of hydrogen-bond donors (Lipinski definition) is 1. The molecule has 4 heterocycles. The number of ether oxygens (including phenoxy) is 2. The Hall–Kier alpha value is -2.71. The van der Waals surface area contributed by atoms with Crippen molar-refractivity contribution in [2.45, 2.75) is 31.1 Å². The van der Waals surface area contributed by atoms with Crippen LogP contribution in [0.5, 0.6) is 5.75 Å². The predicted molar refractivity (Wildman–Crippen MR) is 104 cm³/mol. The number of aliphatic imine (C=N–C) groups is 1. The maximum atomic E-state index is 14.3. The number of halogens is 1. The number of nitrogens with zero attached hydrogens (tertiary/aromatic N) is 3. The van der Waals surface area contributed by atoms with Gasteiger partial charge in [-0.1, -0.05) is 6.07 Å². The summed E-state index contributed by atoms with van der Waals surface area (Å²) < 4.78 is 26.3. The Balaban J connectivity index is 1.59. The summed E-state index contributed by atoms with van der Waals surface area (Å²) in [5, 5.41) is 1.47. The third-order valence-corrected chi connectivity index (χ3v) is 5.85. The minimum Gasteiger partial charge on any atom is -0.489 e. The molecule has 3 aliphatic rings. The van der Waals surface area contributed by atoms with E-state index in [9.17, 15) is 4.39 Å². The summed E-state index contributed by atoms with van der Waals surface area (Å²) in [6.45, 7) is 1.44. The highest BCUT2D eigenvalue weighted by Crippen LogP contribution is 2.48. The van der Waals surface area contributed by atoms with E-state index in [2.05, 4.69) is 9.98 Å². The Morgan fingerprint density at radius 3 is 2.93 bits per heavy atom. The normalized spacial score (nSPS) is 28.8. The van der Waals surface area contributed by atoms with E-state index < -0.39 is 11.7 Å². The van der Waals surface area contributed by atoms with Crippen LogP contribution in [0.4, 0.5) is 4.39 Å². The average Bonchev–Trinajstić information content (AvgIpc) is 3.02. The third-order valence-electron chi connectivity index (χ3n) is 5.85. The highest BCUT2D eigenvalue weighted by molar-refractivity contribution is 5.79. The number of hydrogen-bond acceptors (Lipinski definition) is 7. The van der Waals surface area contributed by atoms with Crippen LogP contribution in [-0.2, 0) is 15.3 Å². The average molecular weight is 398 g/mol. The van der Waals surface area contributed by atoms with Gasteiger partial charge in [0.2, 0.25) is 17.6 Å². The first-order valence-electron chi connectivity index (χ1n) is 9.84. The highest BCUT2D eigenvalue weighted by Gasteiger charge is 2.50. The summed E-state index contributed by atoms with van der Waals surface area (Å²) in [5.74, 6) is 0.708. The van der Waals surface area contributed by atoms with Gasteiger partial charge in [-0.05, 0) is 42.7 Å². The largest absolute Gasteiger partial charge is 0.489 e. The first kappa shape index (κ1) is 18.3. The van der Waals surface area contributed by atoms with E-state index in [0.717, 1.165) is 25.0 Å². The lowest BCUT2D eigenvalue weighted by atomic mass is 9.84. The molecule has 29 heavy (non-hydrogen) atoms. The predicted octanol–water partition coefficient (Wildman–Crippen LogP) is 2.81. The van der Waals surface area contributed by atoms with Crippen LogP contribution in [0.25, 0.3) is 11.1 Å². The molecule has 152 valence electrons. The van der Waals surface area contributed by atoms with Gasteiger partial charge < -0.3 is 15.2 Å². The minimum absolute atomic E-state index is 0.105. The number of nitrogens with two attached hydrogens (primary N) is 1. The molecule has 5 rings (SSSR count). The maximum Gasteiger partial charge on any atom is 0.221 e. The van der Waals surface area contributed by atoms with Crippen LogP contribution in [0, 0.1) is 11.9 Å². The zero-order chi connectivity index (χ0) is 20.0. The standard InChI is InChI=1S/C21H23FN4O3/c1-26-20(23)25-21(29-26)11-18(14-4-3-9-27-12-14)28-17-7-6-13(10-16(17)21)15-5-2-8-24-19(15)22/h2,5-8,10,14,18H,3-4,9,11-12H2,1H3,(H2,23,25)/t14?,18-,21?/m1/s1. The molecule has 8 heteroatoms. The molecular weight excluding hydrogens is 375 g/mol. The van der Waals surface area contributed by atoms with Crippen LogP contribution in [-0.4, -0.2) is 42.4 Å². The van der Waals surface area contributed by atoms with Crippen molar-refractivity contribution < 1.29 is 18.7 Å². The monoisotopic (exact) mass is 398 g/mol. The van der Waals surface area contributed by atoms with Crippen molar-refractivity contribution in [3.05, 3.63) is 48.0 Å². The van der Waals surface area contributed by atoms with Gasteiger partial charge in [0.1, 0.15) is 11.9 Å². The molecule has 2 unspecified atom stereocenters. The van der Waals surface area contributed by atoms with Gasteiger partial charge in [-0.3, -0.25) is 0 Å². The van der Waals surface area contributed by atoms with Crippen LogP contribution < -0.4 is 10.5 Å². The summed E-state index contributed by atoms with van der Waals surface area (Å²) in [6, 6.07) is 8.94. The smallest absolute Gasteiger partial charge is 0.221 e. The second-order valence-electron chi connectivity index (χ2n) is 7.73. The molecule has 7 nitrogen and oxygen atoms in total. The first-order valence-corrected chi connectivity index (χ1v) is 9.84. The van der Waals surface area contributed by atoms with E-state index in [4.69, 9.17) is 20.0 Å². The van der Waals surface area contributed by atoms with E-state index >= 15 is 0 Å². The van der Waals surface area contributed by atoms with Crippen LogP contribution >= 0.6 is 0 Å². The molecule has 0 radical (unpaired) electrons. The van der Waals surface area contributed by atoms with Gasteiger partial charge in [-0.2, -0.15) is 4.39 Å². The van der Waals surface area contributed by atoms with Crippen molar-refractivity contribution in [3.8, 4) is 16.9 Å². The number of fused-ring (bicyclic) bond motifs is 2. The maximum absolute atomic E-state index is 14.3. The van der Waals surface area contributed by atoms with E-state index in [0.29, 0.717) is 35.9 Å². The molecule has 0 amide bonds. The molecular formula is C21H23FN4O3. The fraction of sp³-hybridized carbons (Fsp3) is 0.429. The third kappa shape index (κ3) is 3.12. The van der Waals surface area contributed by atoms with Gasteiger partial charge in [0.25, 0.3) is 0 Å². The molecule has 1 saturated heterocycles. The second kappa shape index (κ2) is 6.96. The lowest BCUT2D eigenvalue weighted by Crippen LogP contribution is -2.44. The summed E-state index contributed by atoms with van der Waals surface area (Å²) in [7, 11) is 1.73. The number of aromatic nitrogens is 1. The molecule has 1 spiro atoms. The minimum atomic E-state index is -0.997. The molecule has 2 N–H and O–H groups in total. The van der Waals surface area contributed by atoms with E-state index in [-0.39, 0.29) is 12.0 Å². The number of hydroxylamine groups is 2. The van der Waals surface area contributed by atoms with E-state index in [1.165, 1.54) is 11.3 Å². The van der Waals surface area contributed by atoms with Crippen molar-refractivity contribution in [2.24, 2.45) is 16.6 Å². The van der Waals surface area contributed by atoms with Crippen LogP contribution in [0.3, 0.4) is 0 Å². The Kier molecular flexibility index (Phi) is 4.40. The lowest BCUT2D eigenvalue weighted by molar-refractivity contribution is -0.196.